The first-order valence-corrected chi connectivity index (χ1v) is 7.99. The Morgan fingerprint density at radius 3 is 3.05 bits per heavy atom. The molecule has 3 nitrogen and oxygen atoms in total. The maximum atomic E-state index is 12.1. The lowest BCUT2D eigenvalue weighted by Gasteiger charge is -2.20. The zero-order valence-electron chi connectivity index (χ0n) is 11.4. The van der Waals surface area contributed by atoms with Crippen LogP contribution in [0.3, 0.4) is 0 Å². The monoisotopic (exact) mass is 278 g/mol. The van der Waals surface area contributed by atoms with E-state index in [1.165, 1.54) is 12.8 Å². The molecular weight excluding hydrogens is 256 g/mol. The van der Waals surface area contributed by atoms with Gasteiger partial charge in [0.05, 0.1) is 6.42 Å². The predicted molar refractivity (Wildman–Crippen MR) is 82.3 cm³/mol. The number of benzene rings is 1. The highest BCUT2D eigenvalue weighted by molar-refractivity contribution is 7.99. The average Bonchev–Trinajstić information content (AvgIpc) is 2.77. The lowest BCUT2D eigenvalue weighted by Crippen LogP contribution is -2.39. The summed E-state index contributed by atoms with van der Waals surface area (Å²) in [5.74, 6) is 1.23. The Balaban J connectivity index is 1.87. The highest BCUT2D eigenvalue weighted by Gasteiger charge is 2.28. The van der Waals surface area contributed by atoms with Crippen molar-refractivity contribution in [2.24, 2.45) is 0 Å². The van der Waals surface area contributed by atoms with E-state index in [2.05, 4.69) is 12.2 Å². The van der Waals surface area contributed by atoms with Crippen LogP contribution in [0, 0.1) is 0 Å². The van der Waals surface area contributed by atoms with E-state index in [1.54, 1.807) is 0 Å². The molecule has 2 atom stereocenters. The molecule has 19 heavy (non-hydrogen) atoms. The Morgan fingerprint density at radius 2 is 2.32 bits per heavy atom. The number of hydrogen-bond acceptors (Lipinski definition) is 3. The number of amides is 1. The average molecular weight is 278 g/mol. The van der Waals surface area contributed by atoms with Crippen LogP contribution in [0.1, 0.15) is 31.7 Å². The fraction of sp³-hybridized carbons (Fsp3) is 0.533. The number of nitrogens with one attached hydrogen (secondary N) is 1. The molecule has 2 rings (SSSR count). The zero-order valence-corrected chi connectivity index (χ0v) is 12.2. The molecule has 0 saturated heterocycles. The van der Waals surface area contributed by atoms with Gasteiger partial charge in [-0.05, 0) is 36.3 Å². The number of thioether (sulfide) groups is 1. The van der Waals surface area contributed by atoms with Crippen LogP contribution in [-0.4, -0.2) is 23.0 Å². The van der Waals surface area contributed by atoms with Crippen LogP contribution < -0.4 is 11.1 Å². The SMILES string of the molecule is CCSC1CCCC1NC(=O)Cc1cccc(N)c1. The second kappa shape index (κ2) is 6.85. The Labute approximate surface area is 119 Å². The first-order chi connectivity index (χ1) is 9.19. The van der Waals surface area contributed by atoms with Crippen molar-refractivity contribution >= 4 is 23.4 Å². The molecule has 2 unspecified atom stereocenters. The third kappa shape index (κ3) is 4.16. The summed E-state index contributed by atoms with van der Waals surface area (Å²) in [5, 5.41) is 3.77. The highest BCUT2D eigenvalue weighted by atomic mass is 32.2. The number of carbonyl (C=O) groups is 1. The fourth-order valence-corrected chi connectivity index (χ4v) is 3.85. The molecule has 1 saturated carbocycles. The molecule has 0 aliphatic heterocycles. The summed E-state index contributed by atoms with van der Waals surface area (Å²) in [7, 11) is 0. The molecule has 0 radical (unpaired) electrons. The molecule has 1 aliphatic rings. The normalized spacial score (nSPS) is 22.4. The first-order valence-electron chi connectivity index (χ1n) is 6.94. The van der Waals surface area contributed by atoms with E-state index >= 15 is 0 Å². The lowest BCUT2D eigenvalue weighted by atomic mass is 10.1. The van der Waals surface area contributed by atoms with Gasteiger partial charge in [-0.1, -0.05) is 25.5 Å². The van der Waals surface area contributed by atoms with Crippen molar-refractivity contribution in [3.63, 3.8) is 0 Å². The molecule has 1 aromatic carbocycles. The standard InChI is InChI=1S/C15H22N2OS/c1-2-19-14-8-4-7-13(14)17-15(18)10-11-5-3-6-12(16)9-11/h3,5-6,9,13-14H,2,4,7-8,10,16H2,1H3,(H,17,18). The van der Waals surface area contributed by atoms with Crippen molar-refractivity contribution in [3.05, 3.63) is 29.8 Å². The van der Waals surface area contributed by atoms with E-state index in [4.69, 9.17) is 5.73 Å². The number of nitrogens with two attached hydrogens (primary N) is 1. The minimum atomic E-state index is 0.110. The molecule has 4 heteroatoms. The molecular formula is C15H22N2OS. The van der Waals surface area contributed by atoms with Gasteiger partial charge in [0, 0.05) is 17.0 Å². The van der Waals surface area contributed by atoms with Crippen molar-refractivity contribution in [2.75, 3.05) is 11.5 Å². The van der Waals surface area contributed by atoms with Crippen molar-refractivity contribution < 1.29 is 4.79 Å². The van der Waals surface area contributed by atoms with Gasteiger partial charge in [0.1, 0.15) is 0 Å². The summed E-state index contributed by atoms with van der Waals surface area (Å²) >= 11 is 1.96. The van der Waals surface area contributed by atoms with E-state index in [9.17, 15) is 4.79 Å². The van der Waals surface area contributed by atoms with Gasteiger partial charge in [-0.25, -0.2) is 0 Å². The molecule has 1 aromatic rings. The maximum Gasteiger partial charge on any atom is 0.224 e. The zero-order chi connectivity index (χ0) is 13.7. The molecule has 1 fully saturated rings. The van der Waals surface area contributed by atoms with Gasteiger partial charge in [0.25, 0.3) is 0 Å². The summed E-state index contributed by atoms with van der Waals surface area (Å²) in [6.45, 7) is 2.18. The molecule has 104 valence electrons. The Morgan fingerprint density at radius 1 is 1.47 bits per heavy atom. The van der Waals surface area contributed by atoms with Gasteiger partial charge in [-0.15, -0.1) is 0 Å². The molecule has 0 bridgehead atoms. The number of anilines is 1. The molecule has 0 heterocycles. The van der Waals surface area contributed by atoms with Crippen LogP contribution in [0.15, 0.2) is 24.3 Å². The molecule has 1 aliphatic carbocycles. The van der Waals surface area contributed by atoms with E-state index in [0.717, 1.165) is 17.7 Å². The first kappa shape index (κ1) is 14.3. The van der Waals surface area contributed by atoms with Crippen LogP contribution >= 0.6 is 11.8 Å². The van der Waals surface area contributed by atoms with Crippen LogP contribution in [0.4, 0.5) is 5.69 Å². The largest absolute Gasteiger partial charge is 0.399 e. The Hall–Kier alpha value is -1.16. The maximum absolute atomic E-state index is 12.1. The Bertz CT molecular complexity index is 436. The van der Waals surface area contributed by atoms with Crippen LogP contribution in [-0.2, 0) is 11.2 Å². The van der Waals surface area contributed by atoms with Crippen LogP contribution in [0.5, 0.6) is 0 Å². The van der Waals surface area contributed by atoms with E-state index in [1.807, 2.05) is 36.0 Å². The fourth-order valence-electron chi connectivity index (χ4n) is 2.65. The van der Waals surface area contributed by atoms with Gasteiger partial charge in [0.2, 0.25) is 5.91 Å². The summed E-state index contributed by atoms with van der Waals surface area (Å²) in [6, 6.07) is 7.89. The summed E-state index contributed by atoms with van der Waals surface area (Å²) in [4.78, 5) is 12.1. The van der Waals surface area contributed by atoms with E-state index < -0.39 is 0 Å². The third-order valence-electron chi connectivity index (χ3n) is 3.50. The number of carbonyl (C=O) groups excluding carboxylic acids is 1. The smallest absolute Gasteiger partial charge is 0.224 e. The predicted octanol–water partition coefficient (Wildman–Crippen LogP) is 2.60. The van der Waals surface area contributed by atoms with Crippen LogP contribution in [0.2, 0.25) is 0 Å². The topological polar surface area (TPSA) is 55.1 Å². The van der Waals surface area contributed by atoms with Crippen molar-refractivity contribution in [1.29, 1.82) is 0 Å². The third-order valence-corrected chi connectivity index (χ3v) is 4.82. The van der Waals surface area contributed by atoms with Crippen molar-refractivity contribution in [3.8, 4) is 0 Å². The molecule has 1 amide bonds. The Kier molecular flexibility index (Phi) is 5.14. The minimum absolute atomic E-state index is 0.110. The molecule has 3 N–H and O–H groups in total. The number of rotatable bonds is 5. The van der Waals surface area contributed by atoms with E-state index in [0.29, 0.717) is 23.4 Å². The van der Waals surface area contributed by atoms with Gasteiger partial charge in [-0.2, -0.15) is 11.8 Å². The summed E-state index contributed by atoms with van der Waals surface area (Å²) in [5.41, 5.74) is 7.42. The highest BCUT2D eigenvalue weighted by Crippen LogP contribution is 2.29. The van der Waals surface area contributed by atoms with E-state index in [-0.39, 0.29) is 5.91 Å². The van der Waals surface area contributed by atoms with Gasteiger partial charge in [0.15, 0.2) is 0 Å². The van der Waals surface area contributed by atoms with Crippen molar-refractivity contribution in [2.45, 2.75) is 43.9 Å². The van der Waals surface area contributed by atoms with Crippen LogP contribution in [0.25, 0.3) is 0 Å². The second-order valence-electron chi connectivity index (χ2n) is 5.02. The second-order valence-corrected chi connectivity index (χ2v) is 6.54. The summed E-state index contributed by atoms with van der Waals surface area (Å²) < 4.78 is 0. The van der Waals surface area contributed by atoms with Gasteiger partial charge in [-0.3, -0.25) is 4.79 Å². The van der Waals surface area contributed by atoms with Gasteiger partial charge < -0.3 is 11.1 Å². The quantitative estimate of drug-likeness (QED) is 0.814. The summed E-state index contributed by atoms with van der Waals surface area (Å²) in [6.07, 6.45) is 3.98. The minimum Gasteiger partial charge on any atom is -0.399 e. The molecule has 0 aromatic heterocycles. The van der Waals surface area contributed by atoms with Crippen molar-refractivity contribution in [1.82, 2.24) is 5.32 Å². The number of hydrogen-bond donors (Lipinski definition) is 2. The molecule has 0 spiro atoms. The number of nitrogen functional groups attached to an aromatic ring is 1. The van der Waals surface area contributed by atoms with Gasteiger partial charge >= 0.3 is 0 Å². The lowest BCUT2D eigenvalue weighted by molar-refractivity contribution is -0.121.